The van der Waals surface area contributed by atoms with Gasteiger partial charge in [-0.1, -0.05) is 53.0 Å². The predicted octanol–water partition coefficient (Wildman–Crippen LogP) is 4.97. The molecule has 2 aromatic rings. The molecule has 4 heteroatoms. The van der Waals surface area contributed by atoms with Gasteiger partial charge in [-0.3, -0.25) is 0 Å². The van der Waals surface area contributed by atoms with Gasteiger partial charge in [0.1, 0.15) is 0 Å². The van der Waals surface area contributed by atoms with Gasteiger partial charge in [0.05, 0.1) is 6.61 Å². The van der Waals surface area contributed by atoms with E-state index in [1.165, 1.54) is 0 Å². The summed E-state index contributed by atoms with van der Waals surface area (Å²) in [5, 5.41) is 11.5. The Labute approximate surface area is 127 Å². The summed E-state index contributed by atoms with van der Waals surface area (Å²) in [6.45, 7) is -0.00786. The second kappa shape index (κ2) is 6.62. The molecule has 0 unspecified atom stereocenters. The summed E-state index contributed by atoms with van der Waals surface area (Å²) in [6, 6.07) is 12.9. The van der Waals surface area contributed by atoms with Gasteiger partial charge in [-0.15, -0.1) is 0 Å². The van der Waals surface area contributed by atoms with Crippen LogP contribution >= 0.6 is 34.8 Å². The van der Waals surface area contributed by atoms with E-state index in [0.29, 0.717) is 21.5 Å². The minimum Gasteiger partial charge on any atom is -0.396 e. The van der Waals surface area contributed by atoms with Crippen LogP contribution in [-0.4, -0.2) is 11.7 Å². The fraction of sp³-hybridized carbons (Fsp3) is 0.200. The average Bonchev–Trinajstić information content (AvgIpc) is 2.39. The van der Waals surface area contributed by atoms with Gasteiger partial charge in [-0.05, 0) is 41.8 Å². The van der Waals surface area contributed by atoms with Crippen molar-refractivity contribution >= 4 is 34.8 Å². The van der Waals surface area contributed by atoms with E-state index in [4.69, 9.17) is 34.8 Å². The highest BCUT2D eigenvalue weighted by Gasteiger charge is 2.17. The second-order valence-corrected chi connectivity index (χ2v) is 5.60. The highest BCUT2D eigenvalue weighted by Crippen LogP contribution is 2.33. The van der Waals surface area contributed by atoms with E-state index in [9.17, 15) is 5.11 Å². The van der Waals surface area contributed by atoms with Crippen LogP contribution in [-0.2, 0) is 6.42 Å². The third kappa shape index (κ3) is 3.64. The summed E-state index contributed by atoms with van der Waals surface area (Å²) in [7, 11) is 0. The van der Waals surface area contributed by atoms with Crippen molar-refractivity contribution in [3.8, 4) is 0 Å². The van der Waals surface area contributed by atoms with Crippen LogP contribution in [0, 0.1) is 0 Å². The summed E-state index contributed by atoms with van der Waals surface area (Å²) in [6.07, 6.45) is 0.664. The SMILES string of the molecule is OC[C@@H](Cc1ccc(Cl)cc1)c1c(Cl)cccc1Cl. The fourth-order valence-electron chi connectivity index (χ4n) is 2.06. The lowest BCUT2D eigenvalue weighted by Crippen LogP contribution is -2.09. The van der Waals surface area contributed by atoms with Gasteiger partial charge in [0, 0.05) is 21.0 Å². The summed E-state index contributed by atoms with van der Waals surface area (Å²) < 4.78 is 0. The Morgan fingerprint density at radius 1 is 0.895 bits per heavy atom. The molecule has 100 valence electrons. The molecule has 2 rings (SSSR count). The van der Waals surface area contributed by atoms with Crippen molar-refractivity contribution in [1.29, 1.82) is 0 Å². The first-order chi connectivity index (χ1) is 9.11. The molecule has 1 nitrogen and oxygen atoms in total. The van der Waals surface area contributed by atoms with E-state index in [0.717, 1.165) is 11.1 Å². The molecule has 1 N–H and O–H groups in total. The topological polar surface area (TPSA) is 20.2 Å². The van der Waals surface area contributed by atoms with Gasteiger partial charge >= 0.3 is 0 Å². The minimum absolute atomic E-state index is 0.00786. The number of aliphatic hydroxyl groups excluding tert-OH is 1. The first kappa shape index (κ1) is 14.7. The quantitative estimate of drug-likeness (QED) is 0.845. The van der Waals surface area contributed by atoms with Crippen LogP contribution in [0.3, 0.4) is 0 Å². The minimum atomic E-state index is -0.123. The molecule has 0 aliphatic carbocycles. The third-order valence-corrected chi connectivity index (χ3v) is 3.93. The van der Waals surface area contributed by atoms with E-state index in [1.54, 1.807) is 18.2 Å². The summed E-state index contributed by atoms with van der Waals surface area (Å²) in [4.78, 5) is 0. The molecular formula is C15H13Cl3O. The Hall–Kier alpha value is -0.730. The van der Waals surface area contributed by atoms with Crippen LogP contribution in [0.15, 0.2) is 42.5 Å². The standard InChI is InChI=1S/C15H13Cl3O/c16-12-6-4-10(5-7-12)8-11(9-19)15-13(17)2-1-3-14(15)18/h1-7,11,19H,8-9H2/t11-/m1/s1. The van der Waals surface area contributed by atoms with Gasteiger partial charge in [0.2, 0.25) is 0 Å². The van der Waals surface area contributed by atoms with Crippen LogP contribution in [0.1, 0.15) is 17.0 Å². The highest BCUT2D eigenvalue weighted by molar-refractivity contribution is 6.36. The largest absolute Gasteiger partial charge is 0.396 e. The molecular weight excluding hydrogens is 303 g/mol. The van der Waals surface area contributed by atoms with Gasteiger partial charge < -0.3 is 5.11 Å². The normalized spacial score (nSPS) is 12.4. The first-order valence-corrected chi connectivity index (χ1v) is 7.04. The van der Waals surface area contributed by atoms with Crippen LogP contribution in [0.25, 0.3) is 0 Å². The Balaban J connectivity index is 2.27. The van der Waals surface area contributed by atoms with Crippen molar-refractivity contribution in [2.24, 2.45) is 0 Å². The van der Waals surface area contributed by atoms with Crippen LogP contribution < -0.4 is 0 Å². The van der Waals surface area contributed by atoms with Gasteiger partial charge in [0.15, 0.2) is 0 Å². The molecule has 0 heterocycles. The number of hydrogen-bond donors (Lipinski definition) is 1. The lowest BCUT2D eigenvalue weighted by atomic mass is 9.92. The zero-order valence-electron chi connectivity index (χ0n) is 10.1. The summed E-state index contributed by atoms with van der Waals surface area (Å²) in [5.41, 5.74) is 1.88. The Morgan fingerprint density at radius 2 is 1.47 bits per heavy atom. The van der Waals surface area contributed by atoms with Crippen molar-refractivity contribution in [2.45, 2.75) is 12.3 Å². The molecule has 2 aromatic carbocycles. The van der Waals surface area contributed by atoms with Crippen molar-refractivity contribution in [3.05, 3.63) is 68.7 Å². The lowest BCUT2D eigenvalue weighted by molar-refractivity contribution is 0.264. The number of halogens is 3. The molecule has 0 saturated carbocycles. The Bertz CT molecular complexity index is 532. The van der Waals surface area contributed by atoms with Crippen molar-refractivity contribution in [3.63, 3.8) is 0 Å². The molecule has 1 atom stereocenters. The van der Waals surface area contributed by atoms with Gasteiger partial charge in [0.25, 0.3) is 0 Å². The van der Waals surface area contributed by atoms with Crippen molar-refractivity contribution in [2.75, 3.05) is 6.61 Å². The van der Waals surface area contributed by atoms with Gasteiger partial charge in [-0.25, -0.2) is 0 Å². The molecule has 0 aliphatic heterocycles. The van der Waals surface area contributed by atoms with Crippen LogP contribution in [0.4, 0.5) is 0 Å². The van der Waals surface area contributed by atoms with E-state index in [-0.39, 0.29) is 12.5 Å². The Morgan fingerprint density at radius 3 is 2.00 bits per heavy atom. The maximum Gasteiger partial charge on any atom is 0.0504 e. The summed E-state index contributed by atoms with van der Waals surface area (Å²) in [5.74, 6) is -0.123. The number of hydrogen-bond acceptors (Lipinski definition) is 1. The molecule has 19 heavy (non-hydrogen) atoms. The molecule has 0 aromatic heterocycles. The Kier molecular flexibility index (Phi) is 5.12. The molecule has 0 spiro atoms. The second-order valence-electron chi connectivity index (χ2n) is 4.35. The monoisotopic (exact) mass is 314 g/mol. The highest BCUT2D eigenvalue weighted by atomic mass is 35.5. The van der Waals surface area contributed by atoms with Crippen molar-refractivity contribution in [1.82, 2.24) is 0 Å². The molecule has 0 amide bonds. The van der Waals surface area contributed by atoms with E-state index in [1.807, 2.05) is 24.3 Å². The lowest BCUT2D eigenvalue weighted by Gasteiger charge is -2.17. The predicted molar refractivity (Wildman–Crippen MR) is 81.4 cm³/mol. The van der Waals surface area contributed by atoms with E-state index >= 15 is 0 Å². The smallest absolute Gasteiger partial charge is 0.0504 e. The van der Waals surface area contributed by atoms with Gasteiger partial charge in [-0.2, -0.15) is 0 Å². The number of aliphatic hydroxyl groups is 1. The molecule has 0 bridgehead atoms. The number of rotatable bonds is 4. The zero-order valence-corrected chi connectivity index (χ0v) is 12.4. The first-order valence-electron chi connectivity index (χ1n) is 5.91. The van der Waals surface area contributed by atoms with Crippen LogP contribution in [0.2, 0.25) is 15.1 Å². The van der Waals surface area contributed by atoms with Crippen molar-refractivity contribution < 1.29 is 5.11 Å². The van der Waals surface area contributed by atoms with E-state index in [2.05, 4.69) is 0 Å². The summed E-state index contributed by atoms with van der Waals surface area (Å²) >= 11 is 18.2. The maximum atomic E-state index is 9.60. The fourth-order valence-corrected chi connectivity index (χ4v) is 2.90. The zero-order chi connectivity index (χ0) is 13.8. The average molecular weight is 316 g/mol. The maximum absolute atomic E-state index is 9.60. The molecule has 0 fully saturated rings. The molecule has 0 radical (unpaired) electrons. The van der Waals surface area contributed by atoms with E-state index < -0.39 is 0 Å². The molecule has 0 aliphatic rings. The number of benzene rings is 2. The molecule has 0 saturated heterocycles. The van der Waals surface area contributed by atoms with Crippen LogP contribution in [0.5, 0.6) is 0 Å². The third-order valence-electron chi connectivity index (χ3n) is 3.02.